The lowest BCUT2D eigenvalue weighted by atomic mass is 10.1. The van der Waals surface area contributed by atoms with Gasteiger partial charge in [-0.05, 0) is 28.8 Å². The van der Waals surface area contributed by atoms with Crippen LogP contribution in [0, 0.1) is 0 Å². The van der Waals surface area contributed by atoms with Crippen LogP contribution in [0.2, 0.25) is 0 Å². The Kier molecular flexibility index (Phi) is 4.86. The molecule has 0 aliphatic carbocycles. The van der Waals surface area contributed by atoms with Crippen LogP contribution in [0.3, 0.4) is 0 Å². The Hall–Kier alpha value is -0.290. The molecule has 84 valence electrons. The molecule has 0 atom stereocenters. The van der Waals surface area contributed by atoms with Gasteiger partial charge in [-0.3, -0.25) is 4.79 Å². The Morgan fingerprint density at radius 3 is 2.60 bits per heavy atom. The van der Waals surface area contributed by atoms with Gasteiger partial charge in [-0.15, -0.1) is 0 Å². The van der Waals surface area contributed by atoms with Gasteiger partial charge in [0.2, 0.25) is 0 Å². The van der Waals surface area contributed by atoms with Gasteiger partial charge >= 0.3 is 0 Å². The van der Waals surface area contributed by atoms with Crippen molar-refractivity contribution in [3.63, 3.8) is 0 Å². The van der Waals surface area contributed by atoms with E-state index in [-0.39, 0.29) is 11.6 Å². The van der Waals surface area contributed by atoms with Gasteiger partial charge in [0.1, 0.15) is 10.3 Å². The van der Waals surface area contributed by atoms with E-state index in [1.54, 1.807) is 10.8 Å². The van der Waals surface area contributed by atoms with Crippen molar-refractivity contribution in [2.45, 2.75) is 38.5 Å². The second kappa shape index (κ2) is 5.70. The Balaban J connectivity index is 3.28. The third-order valence-corrected chi connectivity index (χ3v) is 3.14. The molecule has 0 fully saturated rings. The number of halogens is 1. The van der Waals surface area contributed by atoms with Crippen molar-refractivity contribution in [2.24, 2.45) is 0 Å². The average Bonchev–Trinajstić information content (AvgIpc) is 2.24. The van der Waals surface area contributed by atoms with Gasteiger partial charge in [0, 0.05) is 18.0 Å². The topological polar surface area (TPSA) is 34.9 Å². The second-order valence-electron chi connectivity index (χ2n) is 3.35. The fourth-order valence-corrected chi connectivity index (χ4v) is 2.22. The van der Waals surface area contributed by atoms with Crippen molar-refractivity contribution >= 4 is 28.6 Å². The van der Waals surface area contributed by atoms with Crippen LogP contribution in [0.15, 0.2) is 15.6 Å². The molecule has 1 aromatic rings. The maximum Gasteiger partial charge on any atom is 0.273 e. The maximum atomic E-state index is 11.9. The van der Waals surface area contributed by atoms with Crippen molar-refractivity contribution in [3.05, 3.63) is 26.8 Å². The van der Waals surface area contributed by atoms with Gasteiger partial charge in [0.25, 0.3) is 5.56 Å². The Morgan fingerprint density at radius 1 is 1.53 bits per heavy atom. The molecule has 15 heavy (non-hydrogen) atoms. The highest BCUT2D eigenvalue weighted by Gasteiger charge is 2.12. The standard InChI is InChI=1S/C10H15BrN2OS/c1-3-7(4-2)13-5-9(11)12-8(6-15)10(13)14/h5,7,15H,3-4,6H2,1-2H3. The Morgan fingerprint density at radius 2 is 2.13 bits per heavy atom. The lowest BCUT2D eigenvalue weighted by Crippen LogP contribution is -2.27. The van der Waals surface area contributed by atoms with Crippen LogP contribution in [0.4, 0.5) is 0 Å². The molecule has 0 aliphatic rings. The minimum absolute atomic E-state index is 0.0260. The van der Waals surface area contributed by atoms with Crippen LogP contribution in [0.25, 0.3) is 0 Å². The second-order valence-corrected chi connectivity index (χ2v) is 4.48. The minimum atomic E-state index is -0.0260. The van der Waals surface area contributed by atoms with E-state index in [1.807, 2.05) is 0 Å². The fourth-order valence-electron chi connectivity index (χ4n) is 1.58. The largest absolute Gasteiger partial charge is 0.308 e. The number of nitrogens with zero attached hydrogens (tertiary/aromatic N) is 2. The van der Waals surface area contributed by atoms with Gasteiger partial charge < -0.3 is 4.57 Å². The van der Waals surface area contributed by atoms with Gasteiger partial charge in [0.15, 0.2) is 0 Å². The molecule has 0 bridgehead atoms. The zero-order valence-electron chi connectivity index (χ0n) is 8.90. The van der Waals surface area contributed by atoms with E-state index in [1.165, 1.54) is 0 Å². The lowest BCUT2D eigenvalue weighted by Gasteiger charge is -2.16. The smallest absolute Gasteiger partial charge is 0.273 e. The summed E-state index contributed by atoms with van der Waals surface area (Å²) in [6.45, 7) is 4.16. The first kappa shape index (κ1) is 12.8. The van der Waals surface area contributed by atoms with E-state index < -0.39 is 0 Å². The lowest BCUT2D eigenvalue weighted by molar-refractivity contribution is 0.453. The first-order valence-corrected chi connectivity index (χ1v) is 6.44. The normalized spacial score (nSPS) is 11.0. The molecule has 3 nitrogen and oxygen atoms in total. The summed E-state index contributed by atoms with van der Waals surface area (Å²) in [5.74, 6) is 0.373. The predicted molar refractivity (Wildman–Crippen MR) is 68.5 cm³/mol. The zero-order chi connectivity index (χ0) is 11.4. The predicted octanol–water partition coefficient (Wildman–Crippen LogP) is 2.80. The first-order valence-electron chi connectivity index (χ1n) is 5.02. The summed E-state index contributed by atoms with van der Waals surface area (Å²) in [6, 6.07) is 0.246. The molecule has 0 aromatic carbocycles. The van der Waals surface area contributed by atoms with Crippen molar-refractivity contribution in [1.82, 2.24) is 9.55 Å². The molecule has 5 heteroatoms. The molecule has 1 aromatic heterocycles. The van der Waals surface area contributed by atoms with Crippen LogP contribution in [-0.2, 0) is 5.75 Å². The molecule has 0 unspecified atom stereocenters. The van der Waals surface area contributed by atoms with E-state index in [0.717, 1.165) is 12.8 Å². The van der Waals surface area contributed by atoms with E-state index in [9.17, 15) is 4.79 Å². The van der Waals surface area contributed by atoms with Gasteiger partial charge in [0.05, 0.1) is 0 Å². The maximum absolute atomic E-state index is 11.9. The monoisotopic (exact) mass is 290 g/mol. The van der Waals surface area contributed by atoms with Crippen molar-refractivity contribution in [1.29, 1.82) is 0 Å². The van der Waals surface area contributed by atoms with Crippen LogP contribution in [-0.4, -0.2) is 9.55 Å². The average molecular weight is 291 g/mol. The molecule has 1 rings (SSSR count). The summed E-state index contributed by atoms with van der Waals surface area (Å²) in [6.07, 6.45) is 3.64. The number of rotatable bonds is 4. The summed E-state index contributed by atoms with van der Waals surface area (Å²) < 4.78 is 2.45. The molecule has 0 spiro atoms. The van der Waals surface area contributed by atoms with Crippen molar-refractivity contribution < 1.29 is 0 Å². The van der Waals surface area contributed by atoms with E-state index >= 15 is 0 Å². The number of aromatic nitrogens is 2. The number of hydrogen-bond donors (Lipinski definition) is 1. The minimum Gasteiger partial charge on any atom is -0.308 e. The van der Waals surface area contributed by atoms with Gasteiger partial charge in [-0.2, -0.15) is 12.6 Å². The highest BCUT2D eigenvalue weighted by molar-refractivity contribution is 9.10. The molecule has 0 saturated heterocycles. The zero-order valence-corrected chi connectivity index (χ0v) is 11.4. The number of thiol groups is 1. The molecule has 0 aliphatic heterocycles. The van der Waals surface area contributed by atoms with Crippen LogP contribution in [0.1, 0.15) is 38.4 Å². The summed E-state index contributed by atoms with van der Waals surface area (Å²) in [7, 11) is 0. The molecular weight excluding hydrogens is 276 g/mol. The van der Waals surface area contributed by atoms with Crippen molar-refractivity contribution in [3.8, 4) is 0 Å². The summed E-state index contributed by atoms with van der Waals surface area (Å²) in [4.78, 5) is 16.1. The van der Waals surface area contributed by atoms with Crippen LogP contribution in [0.5, 0.6) is 0 Å². The number of hydrogen-bond acceptors (Lipinski definition) is 3. The van der Waals surface area contributed by atoms with Crippen LogP contribution < -0.4 is 5.56 Å². The van der Waals surface area contributed by atoms with Crippen molar-refractivity contribution in [2.75, 3.05) is 0 Å². The van der Waals surface area contributed by atoms with Crippen LogP contribution >= 0.6 is 28.6 Å². The summed E-state index contributed by atoms with van der Waals surface area (Å²) >= 11 is 7.41. The molecule has 0 amide bonds. The molecule has 0 saturated carbocycles. The Bertz CT molecular complexity index is 387. The summed E-state index contributed by atoms with van der Waals surface area (Å²) in [5, 5.41) is 0. The van der Waals surface area contributed by atoms with Gasteiger partial charge in [-0.25, -0.2) is 4.98 Å². The molecule has 0 N–H and O–H groups in total. The fraction of sp³-hybridized carbons (Fsp3) is 0.600. The van der Waals surface area contributed by atoms with E-state index in [4.69, 9.17) is 0 Å². The SMILES string of the molecule is CCC(CC)n1cc(Br)nc(CS)c1=O. The van der Waals surface area contributed by atoms with Gasteiger partial charge in [-0.1, -0.05) is 13.8 Å². The third-order valence-electron chi connectivity index (χ3n) is 2.45. The highest BCUT2D eigenvalue weighted by atomic mass is 79.9. The molecule has 0 radical (unpaired) electrons. The first-order chi connectivity index (χ1) is 7.13. The summed E-state index contributed by atoms with van der Waals surface area (Å²) in [5.41, 5.74) is 0.474. The van der Waals surface area contributed by atoms with E-state index in [2.05, 4.69) is 47.4 Å². The quantitative estimate of drug-likeness (QED) is 0.866. The van der Waals surface area contributed by atoms with E-state index in [0.29, 0.717) is 16.0 Å². The third kappa shape index (κ3) is 2.84. The molecule has 1 heterocycles. The highest BCUT2D eigenvalue weighted by Crippen LogP contribution is 2.15. The Labute approximate surface area is 103 Å². The molecular formula is C10H15BrN2OS.